The van der Waals surface area contributed by atoms with Gasteiger partial charge in [-0.2, -0.15) is 5.10 Å². The van der Waals surface area contributed by atoms with Crippen LogP contribution in [-0.4, -0.2) is 16.1 Å². The molecule has 0 fully saturated rings. The Morgan fingerprint density at radius 2 is 1.72 bits per heavy atom. The minimum atomic E-state index is -0.500. The van der Waals surface area contributed by atoms with Crippen LogP contribution >= 0.6 is 11.6 Å². The number of anilines is 1. The first-order chi connectivity index (χ1) is 14.1. The van der Waals surface area contributed by atoms with Gasteiger partial charge in [-0.3, -0.25) is 14.8 Å². The average molecular weight is 404 g/mol. The zero-order valence-corrected chi connectivity index (χ0v) is 15.9. The van der Waals surface area contributed by atoms with Crippen molar-refractivity contribution in [3.8, 4) is 11.3 Å². The zero-order valence-electron chi connectivity index (χ0n) is 15.1. The minimum Gasteiger partial charge on any atom is -0.295 e. The van der Waals surface area contributed by atoms with Crippen molar-refractivity contribution >= 4 is 23.2 Å². The largest absolute Gasteiger partial charge is 0.295 e. The third-order valence-electron chi connectivity index (χ3n) is 5.08. The summed E-state index contributed by atoms with van der Waals surface area (Å²) in [5.41, 5.74) is 4.03. The summed E-state index contributed by atoms with van der Waals surface area (Å²) in [6, 6.07) is 22.5. The number of hydrogen-bond acceptors (Lipinski definition) is 2. The lowest BCUT2D eigenvalue weighted by Gasteiger charge is -2.26. The molecule has 1 aliphatic rings. The van der Waals surface area contributed by atoms with Crippen LogP contribution in [0.15, 0.2) is 78.9 Å². The van der Waals surface area contributed by atoms with Crippen molar-refractivity contribution in [1.82, 2.24) is 10.2 Å². The molecule has 0 aliphatic carbocycles. The highest BCUT2D eigenvalue weighted by Gasteiger charge is 2.43. The van der Waals surface area contributed by atoms with Gasteiger partial charge in [-0.1, -0.05) is 54.1 Å². The number of aromatic nitrogens is 2. The molecule has 142 valence electrons. The molecule has 5 rings (SSSR count). The molecule has 1 aliphatic heterocycles. The highest BCUT2D eigenvalue weighted by atomic mass is 35.5. The number of para-hydroxylation sites is 1. The van der Waals surface area contributed by atoms with E-state index >= 15 is 0 Å². The number of carbonyl (C=O) groups is 1. The molecule has 1 aromatic heterocycles. The second-order valence-electron chi connectivity index (χ2n) is 6.84. The van der Waals surface area contributed by atoms with Crippen LogP contribution in [0.2, 0.25) is 5.02 Å². The van der Waals surface area contributed by atoms with E-state index in [-0.39, 0.29) is 11.7 Å². The number of fused-ring (bicyclic) bond motifs is 1. The lowest BCUT2D eigenvalue weighted by molar-refractivity contribution is 0.0988. The highest BCUT2D eigenvalue weighted by molar-refractivity contribution is 6.30. The summed E-state index contributed by atoms with van der Waals surface area (Å²) < 4.78 is 14.1. The number of amides is 1. The molecule has 0 saturated carbocycles. The van der Waals surface area contributed by atoms with Gasteiger partial charge in [0.2, 0.25) is 0 Å². The first-order valence-corrected chi connectivity index (χ1v) is 9.49. The van der Waals surface area contributed by atoms with Crippen molar-refractivity contribution in [2.24, 2.45) is 0 Å². The summed E-state index contributed by atoms with van der Waals surface area (Å²) in [6.45, 7) is 0. The van der Waals surface area contributed by atoms with Crippen molar-refractivity contribution in [3.63, 3.8) is 0 Å². The number of rotatable bonds is 3. The molecule has 0 radical (unpaired) electrons. The monoisotopic (exact) mass is 403 g/mol. The van der Waals surface area contributed by atoms with Crippen molar-refractivity contribution < 1.29 is 9.18 Å². The van der Waals surface area contributed by atoms with E-state index in [4.69, 9.17) is 11.6 Å². The van der Waals surface area contributed by atoms with Crippen LogP contribution in [0.25, 0.3) is 11.3 Å². The molecule has 4 aromatic rings. The van der Waals surface area contributed by atoms with E-state index in [9.17, 15) is 9.18 Å². The van der Waals surface area contributed by atoms with Crippen LogP contribution in [-0.2, 0) is 0 Å². The zero-order chi connectivity index (χ0) is 20.0. The summed E-state index contributed by atoms with van der Waals surface area (Å²) >= 11 is 6.03. The normalized spacial score (nSPS) is 15.6. The second kappa shape index (κ2) is 6.87. The molecular formula is C23H15ClFN3O. The van der Waals surface area contributed by atoms with Gasteiger partial charge >= 0.3 is 0 Å². The summed E-state index contributed by atoms with van der Waals surface area (Å²) in [6.07, 6.45) is 0. The Balaban J connectivity index is 1.74. The van der Waals surface area contributed by atoms with E-state index in [0.29, 0.717) is 22.0 Å². The van der Waals surface area contributed by atoms with E-state index in [2.05, 4.69) is 10.2 Å². The first-order valence-electron chi connectivity index (χ1n) is 9.12. The maximum Gasteiger partial charge on any atom is 0.277 e. The van der Waals surface area contributed by atoms with Gasteiger partial charge in [-0.15, -0.1) is 0 Å². The lowest BCUT2D eigenvalue weighted by atomic mass is 9.96. The molecule has 0 bridgehead atoms. The summed E-state index contributed by atoms with van der Waals surface area (Å²) in [7, 11) is 0. The van der Waals surface area contributed by atoms with Crippen molar-refractivity contribution in [1.29, 1.82) is 0 Å². The van der Waals surface area contributed by atoms with E-state index in [1.54, 1.807) is 23.1 Å². The molecule has 6 heteroatoms. The van der Waals surface area contributed by atoms with Crippen molar-refractivity contribution in [2.45, 2.75) is 6.04 Å². The molecule has 1 N–H and O–H groups in total. The number of hydrogen-bond donors (Lipinski definition) is 1. The molecule has 3 aromatic carbocycles. The smallest absolute Gasteiger partial charge is 0.277 e. The van der Waals surface area contributed by atoms with Gasteiger partial charge in [-0.25, -0.2) is 4.39 Å². The Hall–Kier alpha value is -3.44. The van der Waals surface area contributed by atoms with Gasteiger partial charge < -0.3 is 0 Å². The third kappa shape index (κ3) is 2.91. The van der Waals surface area contributed by atoms with Gasteiger partial charge in [0.05, 0.1) is 11.7 Å². The fourth-order valence-corrected chi connectivity index (χ4v) is 3.95. The number of benzene rings is 3. The quantitative estimate of drug-likeness (QED) is 0.482. The number of nitrogens with zero attached hydrogens (tertiary/aromatic N) is 2. The van der Waals surface area contributed by atoms with Crippen LogP contribution < -0.4 is 4.90 Å². The van der Waals surface area contributed by atoms with Crippen LogP contribution in [0.4, 0.5) is 10.1 Å². The average Bonchev–Trinajstić information content (AvgIpc) is 3.28. The molecule has 4 nitrogen and oxygen atoms in total. The van der Waals surface area contributed by atoms with E-state index in [1.165, 1.54) is 12.1 Å². The Morgan fingerprint density at radius 3 is 2.45 bits per heavy atom. The third-order valence-corrected chi connectivity index (χ3v) is 5.34. The Kier molecular flexibility index (Phi) is 4.18. The predicted molar refractivity (Wildman–Crippen MR) is 111 cm³/mol. The maximum atomic E-state index is 14.1. The standard InChI is InChI=1S/C23H15ClFN3O/c24-16-11-9-14(10-12-16)20-19-21(27-26-20)23(29)28(18-7-2-1-3-8-18)22(19)15-5-4-6-17(25)13-15/h1-13,22H,(H,26,27)/t22-/m1/s1. The summed E-state index contributed by atoms with van der Waals surface area (Å²) in [5, 5.41) is 7.92. The Labute approximate surface area is 171 Å². The van der Waals surface area contributed by atoms with Crippen LogP contribution in [0.3, 0.4) is 0 Å². The lowest BCUT2D eigenvalue weighted by Crippen LogP contribution is -2.29. The Bertz CT molecular complexity index is 1200. The molecule has 0 saturated heterocycles. The number of carbonyl (C=O) groups excluding carboxylic acids is 1. The van der Waals surface area contributed by atoms with Crippen LogP contribution in [0.1, 0.15) is 27.7 Å². The molecule has 0 spiro atoms. The van der Waals surface area contributed by atoms with Crippen molar-refractivity contribution in [3.05, 3.63) is 107 Å². The van der Waals surface area contributed by atoms with E-state index in [0.717, 1.165) is 16.8 Å². The molecule has 0 unspecified atom stereocenters. The van der Waals surface area contributed by atoms with Gasteiger partial charge in [0.1, 0.15) is 11.5 Å². The van der Waals surface area contributed by atoms with Gasteiger partial charge in [-0.05, 0) is 42.0 Å². The molecule has 2 heterocycles. The summed E-state index contributed by atoms with van der Waals surface area (Å²) in [5.74, 6) is -0.555. The molecule has 1 amide bonds. The SMILES string of the molecule is O=C1c2[nH]nc(-c3ccc(Cl)cc3)c2[C@@H](c2cccc(F)c2)N1c1ccccc1. The van der Waals surface area contributed by atoms with Gasteiger partial charge in [0.25, 0.3) is 5.91 Å². The van der Waals surface area contributed by atoms with E-state index in [1.807, 2.05) is 48.5 Å². The molecule has 29 heavy (non-hydrogen) atoms. The second-order valence-corrected chi connectivity index (χ2v) is 7.27. The highest BCUT2D eigenvalue weighted by Crippen LogP contribution is 2.45. The van der Waals surface area contributed by atoms with E-state index < -0.39 is 6.04 Å². The van der Waals surface area contributed by atoms with Crippen molar-refractivity contribution in [2.75, 3.05) is 4.90 Å². The molecule has 1 atom stereocenters. The van der Waals surface area contributed by atoms with Gasteiger partial charge in [0.15, 0.2) is 0 Å². The predicted octanol–water partition coefficient (Wildman–Crippen LogP) is 5.62. The number of H-pyrrole nitrogens is 1. The minimum absolute atomic E-state index is 0.201. The number of aromatic amines is 1. The van der Waals surface area contributed by atoms with Crippen LogP contribution in [0, 0.1) is 5.82 Å². The summed E-state index contributed by atoms with van der Waals surface area (Å²) in [4.78, 5) is 15.0. The maximum absolute atomic E-state index is 14.1. The number of halogens is 2. The van der Waals surface area contributed by atoms with Gasteiger partial charge in [0, 0.05) is 21.8 Å². The number of nitrogens with one attached hydrogen (secondary N) is 1. The molecular weight excluding hydrogens is 389 g/mol. The fraction of sp³-hybridized carbons (Fsp3) is 0.0435. The topological polar surface area (TPSA) is 49.0 Å². The van der Waals surface area contributed by atoms with Crippen LogP contribution in [0.5, 0.6) is 0 Å². The fourth-order valence-electron chi connectivity index (χ4n) is 3.82. The Morgan fingerprint density at radius 1 is 0.966 bits per heavy atom. The first kappa shape index (κ1) is 17.6.